The molecule has 0 radical (unpaired) electrons. The summed E-state index contributed by atoms with van der Waals surface area (Å²) >= 11 is 3.22. The summed E-state index contributed by atoms with van der Waals surface area (Å²) in [4.78, 5) is 15.1. The molecule has 0 aliphatic rings. The average Bonchev–Trinajstić information content (AvgIpc) is 2.15. The van der Waals surface area contributed by atoms with Gasteiger partial charge in [0.25, 0.3) is 5.91 Å². The molecule has 0 saturated heterocycles. The number of pyridine rings is 1. The Hall–Kier alpha value is -0.900. The van der Waals surface area contributed by atoms with Crippen molar-refractivity contribution in [2.75, 3.05) is 11.9 Å². The zero-order valence-electron chi connectivity index (χ0n) is 6.46. The molecule has 0 aliphatic carbocycles. The molecule has 64 valence electrons. The van der Waals surface area contributed by atoms with E-state index in [1.807, 2.05) is 0 Å². The number of carbonyl (C=O) groups is 1. The van der Waals surface area contributed by atoms with Gasteiger partial charge in [-0.2, -0.15) is 0 Å². The summed E-state index contributed by atoms with van der Waals surface area (Å²) in [7, 11) is 0. The summed E-state index contributed by atoms with van der Waals surface area (Å²) in [6, 6.07) is 5.25. The van der Waals surface area contributed by atoms with Gasteiger partial charge in [0.2, 0.25) is 0 Å². The number of halogens is 1. The van der Waals surface area contributed by atoms with E-state index in [-0.39, 0.29) is 5.91 Å². The van der Waals surface area contributed by atoms with E-state index >= 15 is 0 Å². The lowest BCUT2D eigenvalue weighted by atomic mass is 10.3. The number of aromatic nitrogens is 1. The summed E-state index contributed by atoms with van der Waals surface area (Å²) in [5.74, 6) is -0.130. The molecule has 1 amide bonds. The Morgan fingerprint density at radius 3 is 3.00 bits per heavy atom. The predicted molar refractivity (Wildman–Crippen MR) is 50.4 cm³/mol. The van der Waals surface area contributed by atoms with Gasteiger partial charge in [0, 0.05) is 18.1 Å². The Morgan fingerprint density at radius 2 is 2.42 bits per heavy atom. The largest absolute Gasteiger partial charge is 0.350 e. The van der Waals surface area contributed by atoms with Gasteiger partial charge in [-0.15, -0.1) is 0 Å². The number of alkyl halides is 1. The van der Waals surface area contributed by atoms with E-state index in [1.54, 1.807) is 24.4 Å². The van der Waals surface area contributed by atoms with Crippen LogP contribution in [0.4, 0.5) is 0 Å². The van der Waals surface area contributed by atoms with Crippen LogP contribution in [0.5, 0.6) is 0 Å². The van der Waals surface area contributed by atoms with Gasteiger partial charge in [-0.25, -0.2) is 0 Å². The average molecular weight is 229 g/mol. The molecule has 0 fully saturated rings. The van der Waals surface area contributed by atoms with E-state index in [1.165, 1.54) is 0 Å². The van der Waals surface area contributed by atoms with E-state index in [9.17, 15) is 4.79 Å². The maximum Gasteiger partial charge on any atom is 0.269 e. The van der Waals surface area contributed by atoms with Crippen molar-refractivity contribution in [3.05, 3.63) is 30.1 Å². The summed E-state index contributed by atoms with van der Waals surface area (Å²) in [6.45, 7) is 0.620. The van der Waals surface area contributed by atoms with E-state index in [0.29, 0.717) is 12.2 Å². The van der Waals surface area contributed by atoms with E-state index in [4.69, 9.17) is 0 Å². The summed E-state index contributed by atoms with van der Waals surface area (Å²) in [5, 5.41) is 3.46. The van der Waals surface area contributed by atoms with Crippen LogP contribution in [0.15, 0.2) is 24.4 Å². The second-order valence-corrected chi connectivity index (χ2v) is 2.95. The molecule has 0 atom stereocenters. The Bertz CT molecular complexity index is 250. The third kappa shape index (κ3) is 2.62. The van der Waals surface area contributed by atoms with Crippen LogP contribution in [0.25, 0.3) is 0 Å². The number of hydrogen-bond donors (Lipinski definition) is 1. The highest BCUT2D eigenvalue weighted by atomic mass is 79.9. The fourth-order valence-electron chi connectivity index (χ4n) is 0.748. The molecule has 1 aromatic rings. The first-order valence-corrected chi connectivity index (χ1v) is 4.72. The molecule has 4 heteroatoms. The lowest BCUT2D eigenvalue weighted by Gasteiger charge is -2.00. The summed E-state index contributed by atoms with van der Waals surface area (Å²) in [5.41, 5.74) is 0.457. The molecule has 1 heterocycles. The number of nitrogens with one attached hydrogen (secondary N) is 1. The highest BCUT2D eigenvalue weighted by molar-refractivity contribution is 9.09. The maximum atomic E-state index is 11.2. The van der Waals surface area contributed by atoms with Crippen LogP contribution in [-0.2, 0) is 0 Å². The molecule has 0 saturated carbocycles. The first-order valence-electron chi connectivity index (χ1n) is 3.60. The standard InChI is InChI=1S/C8H9BrN2O/c9-4-6-11-8(12)7-3-1-2-5-10-7/h1-3,5H,4,6H2,(H,11,12). The molecular formula is C8H9BrN2O. The number of hydrogen-bond acceptors (Lipinski definition) is 2. The molecule has 0 spiro atoms. The first kappa shape index (κ1) is 9.19. The van der Waals surface area contributed by atoms with Gasteiger partial charge in [0.05, 0.1) is 0 Å². The molecule has 3 nitrogen and oxygen atoms in total. The number of carbonyl (C=O) groups excluding carboxylic acids is 1. The quantitative estimate of drug-likeness (QED) is 0.791. The van der Waals surface area contributed by atoms with Crippen LogP contribution < -0.4 is 5.32 Å². The van der Waals surface area contributed by atoms with E-state index in [0.717, 1.165) is 5.33 Å². The second-order valence-electron chi connectivity index (χ2n) is 2.16. The van der Waals surface area contributed by atoms with Crippen molar-refractivity contribution in [2.24, 2.45) is 0 Å². The minimum Gasteiger partial charge on any atom is -0.350 e. The fourth-order valence-corrected chi connectivity index (χ4v) is 0.947. The fraction of sp³-hybridized carbons (Fsp3) is 0.250. The predicted octanol–water partition coefficient (Wildman–Crippen LogP) is 1.21. The van der Waals surface area contributed by atoms with E-state index in [2.05, 4.69) is 26.2 Å². The van der Waals surface area contributed by atoms with Crippen molar-refractivity contribution in [1.82, 2.24) is 10.3 Å². The Morgan fingerprint density at radius 1 is 1.58 bits per heavy atom. The smallest absolute Gasteiger partial charge is 0.269 e. The van der Waals surface area contributed by atoms with Crippen molar-refractivity contribution in [1.29, 1.82) is 0 Å². The molecule has 0 aromatic carbocycles. The van der Waals surface area contributed by atoms with Gasteiger partial charge < -0.3 is 5.32 Å². The molecule has 1 aromatic heterocycles. The normalized spacial score (nSPS) is 9.42. The van der Waals surface area contributed by atoms with Gasteiger partial charge >= 0.3 is 0 Å². The number of amides is 1. The molecule has 0 unspecified atom stereocenters. The van der Waals surface area contributed by atoms with Crippen LogP contribution >= 0.6 is 15.9 Å². The minimum atomic E-state index is -0.130. The summed E-state index contributed by atoms with van der Waals surface area (Å²) in [6.07, 6.45) is 1.60. The zero-order valence-corrected chi connectivity index (χ0v) is 8.04. The number of rotatable bonds is 3. The van der Waals surface area contributed by atoms with Gasteiger partial charge in [-0.3, -0.25) is 9.78 Å². The molecular weight excluding hydrogens is 220 g/mol. The lowest BCUT2D eigenvalue weighted by molar-refractivity contribution is 0.0951. The SMILES string of the molecule is O=C(NCCBr)c1ccccn1. The lowest BCUT2D eigenvalue weighted by Crippen LogP contribution is -2.25. The molecule has 0 bridgehead atoms. The topological polar surface area (TPSA) is 42.0 Å². The molecule has 1 N–H and O–H groups in total. The van der Waals surface area contributed by atoms with Gasteiger partial charge in [0.1, 0.15) is 5.69 Å². The molecule has 1 rings (SSSR count). The van der Waals surface area contributed by atoms with Crippen LogP contribution in [0.2, 0.25) is 0 Å². The van der Waals surface area contributed by atoms with Crippen molar-refractivity contribution < 1.29 is 4.79 Å². The van der Waals surface area contributed by atoms with Crippen LogP contribution in [0, 0.1) is 0 Å². The highest BCUT2D eigenvalue weighted by Gasteiger charge is 2.02. The number of nitrogens with zero attached hydrogens (tertiary/aromatic N) is 1. The Kier molecular flexibility index (Phi) is 3.73. The van der Waals surface area contributed by atoms with Crippen molar-refractivity contribution in [3.63, 3.8) is 0 Å². The Balaban J connectivity index is 2.54. The monoisotopic (exact) mass is 228 g/mol. The summed E-state index contributed by atoms with van der Waals surface area (Å²) < 4.78 is 0. The molecule has 0 aliphatic heterocycles. The Labute approximate surface area is 79.3 Å². The van der Waals surface area contributed by atoms with Gasteiger partial charge in [-0.05, 0) is 12.1 Å². The van der Waals surface area contributed by atoms with E-state index < -0.39 is 0 Å². The van der Waals surface area contributed by atoms with Gasteiger partial charge in [0.15, 0.2) is 0 Å². The van der Waals surface area contributed by atoms with Crippen LogP contribution in [0.3, 0.4) is 0 Å². The highest BCUT2D eigenvalue weighted by Crippen LogP contribution is 1.92. The maximum absolute atomic E-state index is 11.2. The van der Waals surface area contributed by atoms with Crippen molar-refractivity contribution in [3.8, 4) is 0 Å². The van der Waals surface area contributed by atoms with Gasteiger partial charge in [-0.1, -0.05) is 22.0 Å². The van der Waals surface area contributed by atoms with Crippen LogP contribution in [-0.4, -0.2) is 22.8 Å². The van der Waals surface area contributed by atoms with Crippen molar-refractivity contribution >= 4 is 21.8 Å². The van der Waals surface area contributed by atoms with Crippen molar-refractivity contribution in [2.45, 2.75) is 0 Å². The molecule has 12 heavy (non-hydrogen) atoms. The zero-order chi connectivity index (χ0) is 8.81. The first-order chi connectivity index (χ1) is 5.84. The third-order valence-corrected chi connectivity index (χ3v) is 1.67. The third-order valence-electron chi connectivity index (χ3n) is 1.28. The minimum absolute atomic E-state index is 0.130. The second kappa shape index (κ2) is 4.87. The van der Waals surface area contributed by atoms with Crippen LogP contribution in [0.1, 0.15) is 10.5 Å².